The van der Waals surface area contributed by atoms with Crippen LogP contribution < -0.4 is 14.8 Å². The lowest BCUT2D eigenvalue weighted by Gasteiger charge is -2.19. The van der Waals surface area contributed by atoms with E-state index in [1.807, 2.05) is 6.20 Å². The van der Waals surface area contributed by atoms with E-state index in [0.717, 1.165) is 16.5 Å². The lowest BCUT2D eigenvalue weighted by molar-refractivity contribution is 0.0953. The molecule has 1 aliphatic heterocycles. The van der Waals surface area contributed by atoms with Gasteiger partial charge in [0.2, 0.25) is 0 Å². The number of carbonyl (C=O) groups excluding carboxylic acids is 1. The van der Waals surface area contributed by atoms with Crippen molar-refractivity contribution in [3.63, 3.8) is 0 Å². The molecule has 0 fully saturated rings. The Hall–Kier alpha value is -2.73. The normalized spacial score (nSPS) is 13.0. The number of ether oxygens (including phenoxy) is 2. The van der Waals surface area contributed by atoms with Crippen LogP contribution in [0.4, 0.5) is 4.39 Å². The van der Waals surface area contributed by atoms with Crippen molar-refractivity contribution in [2.45, 2.75) is 6.42 Å². The van der Waals surface area contributed by atoms with E-state index in [0.29, 0.717) is 48.3 Å². The molecule has 5 nitrogen and oxygen atoms in total. The van der Waals surface area contributed by atoms with Crippen LogP contribution in [0.2, 0.25) is 5.02 Å². The summed E-state index contributed by atoms with van der Waals surface area (Å²) in [5.74, 6) is 0.472. The fourth-order valence-corrected chi connectivity index (χ4v) is 3.24. The molecule has 0 saturated heterocycles. The predicted octanol–water partition coefficient (Wildman–Crippen LogP) is 3.70. The van der Waals surface area contributed by atoms with Crippen molar-refractivity contribution in [2.75, 3.05) is 19.8 Å². The Labute approximate surface area is 154 Å². The molecule has 0 atom stereocenters. The minimum absolute atomic E-state index is 0.287. The number of carbonyl (C=O) groups is 1. The summed E-state index contributed by atoms with van der Waals surface area (Å²) >= 11 is 6.19. The van der Waals surface area contributed by atoms with Crippen LogP contribution >= 0.6 is 11.6 Å². The van der Waals surface area contributed by atoms with Gasteiger partial charge in [-0.2, -0.15) is 0 Å². The molecule has 0 saturated carbocycles. The van der Waals surface area contributed by atoms with E-state index in [1.54, 1.807) is 18.2 Å². The Bertz CT molecular complexity index is 986. The molecule has 1 amide bonds. The maximum atomic E-state index is 13.4. The predicted molar refractivity (Wildman–Crippen MR) is 96.7 cm³/mol. The van der Waals surface area contributed by atoms with Crippen LogP contribution in [0.5, 0.6) is 11.5 Å². The lowest BCUT2D eigenvalue weighted by atomic mass is 10.1. The van der Waals surface area contributed by atoms with Gasteiger partial charge in [0.05, 0.1) is 10.6 Å². The molecule has 0 aliphatic carbocycles. The van der Waals surface area contributed by atoms with Gasteiger partial charge in [-0.15, -0.1) is 0 Å². The first kappa shape index (κ1) is 16.7. The van der Waals surface area contributed by atoms with E-state index in [4.69, 9.17) is 21.1 Å². The maximum Gasteiger partial charge on any atom is 0.252 e. The summed E-state index contributed by atoms with van der Waals surface area (Å²) in [6.45, 7) is 1.29. The molecule has 0 bridgehead atoms. The van der Waals surface area contributed by atoms with E-state index < -0.39 is 0 Å². The van der Waals surface area contributed by atoms with Crippen LogP contribution in [0.1, 0.15) is 15.9 Å². The molecule has 26 heavy (non-hydrogen) atoms. The van der Waals surface area contributed by atoms with Gasteiger partial charge in [0.1, 0.15) is 19.0 Å². The highest BCUT2D eigenvalue weighted by atomic mass is 35.5. The number of aromatic amines is 1. The van der Waals surface area contributed by atoms with Gasteiger partial charge in [-0.3, -0.25) is 4.79 Å². The number of halogens is 2. The molecule has 2 aromatic carbocycles. The van der Waals surface area contributed by atoms with Gasteiger partial charge in [-0.25, -0.2) is 4.39 Å². The largest absolute Gasteiger partial charge is 0.486 e. The minimum atomic E-state index is -0.294. The summed E-state index contributed by atoms with van der Waals surface area (Å²) in [5.41, 5.74) is 2.14. The average Bonchev–Trinajstić information content (AvgIpc) is 3.03. The summed E-state index contributed by atoms with van der Waals surface area (Å²) < 4.78 is 24.4. The van der Waals surface area contributed by atoms with E-state index in [2.05, 4.69) is 10.3 Å². The number of hydrogen-bond donors (Lipinski definition) is 2. The van der Waals surface area contributed by atoms with Crippen molar-refractivity contribution in [1.82, 2.24) is 10.3 Å². The quantitative estimate of drug-likeness (QED) is 0.731. The third-order valence-corrected chi connectivity index (χ3v) is 4.60. The van der Waals surface area contributed by atoms with Gasteiger partial charge in [0, 0.05) is 29.7 Å². The first-order chi connectivity index (χ1) is 12.6. The van der Waals surface area contributed by atoms with Crippen molar-refractivity contribution in [1.29, 1.82) is 0 Å². The van der Waals surface area contributed by atoms with Crippen molar-refractivity contribution in [3.05, 3.63) is 58.5 Å². The zero-order valence-electron chi connectivity index (χ0n) is 13.8. The molecule has 3 aromatic rings. The van der Waals surface area contributed by atoms with Crippen LogP contribution in [0.3, 0.4) is 0 Å². The van der Waals surface area contributed by atoms with Crippen molar-refractivity contribution >= 4 is 28.4 Å². The van der Waals surface area contributed by atoms with Gasteiger partial charge in [-0.05, 0) is 36.2 Å². The van der Waals surface area contributed by atoms with Gasteiger partial charge in [-0.1, -0.05) is 11.6 Å². The molecule has 1 aromatic heterocycles. The Balaban J connectivity index is 1.45. The number of fused-ring (bicyclic) bond motifs is 2. The van der Waals surface area contributed by atoms with Gasteiger partial charge < -0.3 is 19.8 Å². The molecular formula is C19H16ClFN2O3. The Morgan fingerprint density at radius 3 is 2.77 bits per heavy atom. The number of aromatic nitrogens is 1. The van der Waals surface area contributed by atoms with Gasteiger partial charge in [0.25, 0.3) is 5.91 Å². The highest BCUT2D eigenvalue weighted by Crippen LogP contribution is 2.35. The van der Waals surface area contributed by atoms with E-state index in [9.17, 15) is 9.18 Å². The SMILES string of the molecule is O=C(NCCc1c[nH]c2ccc(F)cc12)c1cc2c(cc1Cl)OCCO2. The summed E-state index contributed by atoms with van der Waals surface area (Å²) in [5, 5.41) is 3.96. The van der Waals surface area contributed by atoms with Crippen molar-refractivity contribution in [3.8, 4) is 11.5 Å². The summed E-state index contributed by atoms with van der Waals surface area (Å²) in [4.78, 5) is 15.5. The summed E-state index contributed by atoms with van der Waals surface area (Å²) in [6.07, 6.45) is 2.39. The van der Waals surface area contributed by atoms with Crippen molar-refractivity contribution < 1.29 is 18.7 Å². The van der Waals surface area contributed by atoms with E-state index >= 15 is 0 Å². The molecule has 2 N–H and O–H groups in total. The van der Waals surface area contributed by atoms with Gasteiger partial charge >= 0.3 is 0 Å². The number of nitrogens with one attached hydrogen (secondary N) is 2. The Morgan fingerprint density at radius 2 is 1.96 bits per heavy atom. The fourth-order valence-electron chi connectivity index (χ4n) is 3.00. The standard InChI is InChI=1S/C19H16ClFN2O3/c20-15-9-18-17(25-5-6-26-18)8-14(15)19(24)22-4-3-11-10-23-16-2-1-12(21)7-13(11)16/h1-2,7-10,23H,3-6H2,(H,22,24). The first-order valence-electron chi connectivity index (χ1n) is 8.24. The van der Waals surface area contributed by atoms with Crippen LogP contribution in [0.25, 0.3) is 10.9 Å². The Kier molecular flexibility index (Phi) is 4.42. The van der Waals surface area contributed by atoms with Crippen LogP contribution in [0.15, 0.2) is 36.5 Å². The second-order valence-corrected chi connectivity index (χ2v) is 6.39. The molecular weight excluding hydrogens is 359 g/mol. The van der Waals surface area contributed by atoms with Gasteiger partial charge in [0.15, 0.2) is 11.5 Å². The fraction of sp³-hybridized carbons (Fsp3) is 0.211. The van der Waals surface area contributed by atoms with E-state index in [1.165, 1.54) is 12.1 Å². The third kappa shape index (κ3) is 3.20. The number of amides is 1. The number of benzene rings is 2. The molecule has 2 heterocycles. The summed E-state index contributed by atoms with van der Waals surface area (Å²) in [6, 6.07) is 7.78. The maximum absolute atomic E-state index is 13.4. The second kappa shape index (κ2) is 6.88. The zero-order valence-corrected chi connectivity index (χ0v) is 14.5. The van der Waals surface area contributed by atoms with Crippen LogP contribution in [-0.4, -0.2) is 30.6 Å². The molecule has 134 valence electrons. The third-order valence-electron chi connectivity index (χ3n) is 4.29. The molecule has 1 aliphatic rings. The smallest absolute Gasteiger partial charge is 0.252 e. The average molecular weight is 375 g/mol. The molecule has 4 rings (SSSR count). The Morgan fingerprint density at radius 1 is 1.19 bits per heavy atom. The number of H-pyrrole nitrogens is 1. The minimum Gasteiger partial charge on any atom is -0.486 e. The number of rotatable bonds is 4. The topological polar surface area (TPSA) is 63.4 Å². The van der Waals surface area contributed by atoms with Crippen LogP contribution in [-0.2, 0) is 6.42 Å². The van der Waals surface area contributed by atoms with E-state index in [-0.39, 0.29) is 11.7 Å². The highest BCUT2D eigenvalue weighted by molar-refractivity contribution is 6.34. The molecule has 7 heteroatoms. The highest BCUT2D eigenvalue weighted by Gasteiger charge is 2.19. The second-order valence-electron chi connectivity index (χ2n) is 5.99. The van der Waals surface area contributed by atoms with Crippen molar-refractivity contribution in [2.24, 2.45) is 0 Å². The monoisotopic (exact) mass is 374 g/mol. The molecule has 0 unspecified atom stereocenters. The summed E-state index contributed by atoms with van der Waals surface area (Å²) in [7, 11) is 0. The number of hydrogen-bond acceptors (Lipinski definition) is 3. The lowest BCUT2D eigenvalue weighted by Crippen LogP contribution is -2.26. The zero-order chi connectivity index (χ0) is 18.1. The van der Waals surface area contributed by atoms with Crippen LogP contribution in [0, 0.1) is 5.82 Å². The molecule has 0 radical (unpaired) electrons. The molecule has 0 spiro atoms. The first-order valence-corrected chi connectivity index (χ1v) is 8.62.